The molecule has 0 saturated carbocycles. The third-order valence-electron chi connectivity index (χ3n) is 1.10. The average molecular weight is 220 g/mol. The topological polar surface area (TPSA) is 64.4 Å². The van der Waals surface area contributed by atoms with Crippen LogP contribution in [0.4, 0.5) is 0 Å². The number of carbonyl (C=O) groups is 1. The minimum absolute atomic E-state index is 0.0187. The number of nitrogens with zero attached hydrogens (tertiary/aromatic N) is 3. The van der Waals surface area contributed by atoms with Gasteiger partial charge in [0.05, 0.1) is 0 Å². The summed E-state index contributed by atoms with van der Waals surface area (Å²) < 4.78 is 0. The lowest BCUT2D eigenvalue weighted by Crippen LogP contribution is -2.09. The maximum Gasteiger partial charge on any atom is 0.277 e. The summed E-state index contributed by atoms with van der Waals surface area (Å²) in [4.78, 5) is 15.3. The Labute approximate surface area is 83.4 Å². The van der Waals surface area contributed by atoms with Crippen molar-refractivity contribution < 1.29 is 9.63 Å². The maximum atomic E-state index is 10.8. The smallest absolute Gasteiger partial charge is 0.277 e. The van der Waals surface area contributed by atoms with Crippen LogP contribution in [0.1, 0.15) is 10.0 Å². The third-order valence-corrected chi connectivity index (χ3v) is 2.12. The summed E-state index contributed by atoms with van der Waals surface area (Å²) >= 11 is 6.48. The van der Waals surface area contributed by atoms with Crippen molar-refractivity contribution in [1.29, 1.82) is 0 Å². The lowest BCUT2D eigenvalue weighted by atomic mass is 10.4. The standard InChI is InChI=1S/C6H6ClN3O2S/c1-3-8-9-6(13-3)4(5(7)11)10-12-2/h1-2H3/b10-4+. The predicted octanol–water partition coefficient (Wildman–Crippen LogP) is 0.962. The molecule has 0 radical (unpaired) electrons. The van der Waals surface area contributed by atoms with Gasteiger partial charge in [-0.3, -0.25) is 4.79 Å². The summed E-state index contributed by atoms with van der Waals surface area (Å²) in [6.45, 7) is 1.77. The van der Waals surface area contributed by atoms with Crippen molar-refractivity contribution in [3.05, 3.63) is 10.0 Å². The Morgan fingerprint density at radius 3 is 2.69 bits per heavy atom. The molecule has 0 spiro atoms. The van der Waals surface area contributed by atoms with Crippen molar-refractivity contribution >= 4 is 33.9 Å². The van der Waals surface area contributed by atoms with E-state index >= 15 is 0 Å². The van der Waals surface area contributed by atoms with Crippen molar-refractivity contribution in [2.24, 2.45) is 5.16 Å². The van der Waals surface area contributed by atoms with Crippen LogP contribution in [-0.4, -0.2) is 28.3 Å². The van der Waals surface area contributed by atoms with Gasteiger partial charge in [0.2, 0.25) is 0 Å². The molecule has 1 aromatic rings. The fraction of sp³-hybridized carbons (Fsp3) is 0.333. The van der Waals surface area contributed by atoms with E-state index in [2.05, 4.69) is 20.2 Å². The first-order chi connectivity index (χ1) is 6.15. The van der Waals surface area contributed by atoms with E-state index < -0.39 is 5.24 Å². The van der Waals surface area contributed by atoms with E-state index in [0.717, 1.165) is 5.01 Å². The molecular weight excluding hydrogens is 214 g/mol. The first kappa shape index (κ1) is 10.1. The van der Waals surface area contributed by atoms with E-state index in [0.29, 0.717) is 5.01 Å². The number of oxime groups is 1. The van der Waals surface area contributed by atoms with Gasteiger partial charge in [-0.1, -0.05) is 16.5 Å². The highest BCUT2D eigenvalue weighted by atomic mass is 35.5. The van der Waals surface area contributed by atoms with E-state index in [-0.39, 0.29) is 5.71 Å². The highest BCUT2D eigenvalue weighted by Crippen LogP contribution is 2.11. The van der Waals surface area contributed by atoms with E-state index in [1.54, 1.807) is 6.92 Å². The number of halogens is 1. The van der Waals surface area contributed by atoms with Gasteiger partial charge >= 0.3 is 0 Å². The van der Waals surface area contributed by atoms with Crippen LogP contribution in [-0.2, 0) is 9.63 Å². The highest BCUT2D eigenvalue weighted by Gasteiger charge is 2.16. The zero-order chi connectivity index (χ0) is 9.84. The number of hydrogen-bond acceptors (Lipinski definition) is 6. The summed E-state index contributed by atoms with van der Waals surface area (Å²) in [7, 11) is 1.33. The molecule has 0 aliphatic rings. The molecule has 1 rings (SSSR count). The molecule has 0 N–H and O–H groups in total. The molecule has 70 valence electrons. The normalized spacial score (nSPS) is 11.5. The maximum absolute atomic E-state index is 10.8. The van der Waals surface area contributed by atoms with E-state index in [4.69, 9.17) is 11.6 Å². The first-order valence-corrected chi connectivity index (χ1v) is 4.46. The lowest BCUT2D eigenvalue weighted by molar-refractivity contribution is -0.106. The molecule has 0 unspecified atom stereocenters. The summed E-state index contributed by atoms with van der Waals surface area (Å²) in [5, 5.41) is 11.3. The second-order valence-corrected chi connectivity index (χ2v) is 3.55. The van der Waals surface area contributed by atoms with Crippen LogP contribution in [0, 0.1) is 6.92 Å². The molecule has 0 saturated heterocycles. The molecule has 5 nitrogen and oxygen atoms in total. The molecular formula is C6H6ClN3O2S. The molecule has 0 atom stereocenters. The minimum Gasteiger partial charge on any atom is -0.398 e. The van der Waals surface area contributed by atoms with Gasteiger partial charge < -0.3 is 4.84 Å². The molecule has 0 aliphatic heterocycles. The molecule has 7 heteroatoms. The summed E-state index contributed by atoms with van der Waals surface area (Å²) in [5.41, 5.74) is -0.0187. The quantitative estimate of drug-likeness (QED) is 0.432. The van der Waals surface area contributed by atoms with Crippen LogP contribution in [0.3, 0.4) is 0 Å². The predicted molar refractivity (Wildman–Crippen MR) is 49.1 cm³/mol. The van der Waals surface area contributed by atoms with Gasteiger partial charge in [-0.05, 0) is 18.5 Å². The summed E-state index contributed by atoms with van der Waals surface area (Å²) in [6, 6.07) is 0. The third kappa shape index (κ3) is 2.46. The van der Waals surface area contributed by atoms with Gasteiger partial charge in [-0.2, -0.15) is 0 Å². The van der Waals surface area contributed by atoms with Crippen molar-refractivity contribution in [3.63, 3.8) is 0 Å². The highest BCUT2D eigenvalue weighted by molar-refractivity contribution is 7.15. The second-order valence-electron chi connectivity index (χ2n) is 2.02. The molecule has 1 aromatic heterocycles. The molecule has 0 bridgehead atoms. The van der Waals surface area contributed by atoms with Crippen LogP contribution >= 0.6 is 22.9 Å². The van der Waals surface area contributed by atoms with Gasteiger partial charge in [-0.15, -0.1) is 10.2 Å². The number of aryl methyl sites for hydroxylation is 1. The average Bonchev–Trinajstić information content (AvgIpc) is 2.46. The Morgan fingerprint density at radius 2 is 2.31 bits per heavy atom. The lowest BCUT2D eigenvalue weighted by Gasteiger charge is -1.92. The Balaban J connectivity index is 3.02. The van der Waals surface area contributed by atoms with Crippen LogP contribution in [0.25, 0.3) is 0 Å². The fourth-order valence-electron chi connectivity index (χ4n) is 0.643. The first-order valence-electron chi connectivity index (χ1n) is 3.26. The van der Waals surface area contributed by atoms with Gasteiger partial charge in [0, 0.05) is 0 Å². The van der Waals surface area contributed by atoms with Crippen LogP contribution in [0.2, 0.25) is 0 Å². The number of rotatable bonds is 3. The van der Waals surface area contributed by atoms with Crippen molar-refractivity contribution in [3.8, 4) is 0 Å². The SMILES string of the molecule is CO/N=C(\C(=O)Cl)c1nnc(C)s1. The van der Waals surface area contributed by atoms with Gasteiger partial charge in [0.1, 0.15) is 12.1 Å². The Kier molecular flexibility index (Phi) is 3.32. The van der Waals surface area contributed by atoms with Gasteiger partial charge in [0.15, 0.2) is 10.7 Å². The van der Waals surface area contributed by atoms with Crippen molar-refractivity contribution in [2.45, 2.75) is 6.92 Å². The molecule has 0 fully saturated rings. The van der Waals surface area contributed by atoms with Crippen molar-refractivity contribution in [2.75, 3.05) is 7.11 Å². The zero-order valence-corrected chi connectivity index (χ0v) is 8.52. The molecule has 0 amide bonds. The van der Waals surface area contributed by atoms with E-state index in [9.17, 15) is 4.79 Å². The summed E-state index contributed by atoms with van der Waals surface area (Å²) in [6.07, 6.45) is 0. The Morgan fingerprint density at radius 1 is 1.62 bits per heavy atom. The van der Waals surface area contributed by atoms with Crippen molar-refractivity contribution in [1.82, 2.24) is 10.2 Å². The Bertz CT molecular complexity index is 349. The molecule has 1 heterocycles. The fourth-order valence-corrected chi connectivity index (χ4v) is 1.49. The van der Waals surface area contributed by atoms with Gasteiger partial charge in [-0.25, -0.2) is 0 Å². The molecule has 13 heavy (non-hydrogen) atoms. The summed E-state index contributed by atoms with van der Waals surface area (Å²) in [5.74, 6) is 0. The number of aromatic nitrogens is 2. The van der Waals surface area contributed by atoms with Crippen LogP contribution in [0.5, 0.6) is 0 Å². The number of carbonyl (C=O) groups excluding carboxylic acids is 1. The van der Waals surface area contributed by atoms with Crippen LogP contribution < -0.4 is 0 Å². The molecule has 0 aromatic carbocycles. The van der Waals surface area contributed by atoms with E-state index in [1.165, 1.54) is 18.4 Å². The monoisotopic (exact) mass is 219 g/mol. The number of hydrogen-bond donors (Lipinski definition) is 0. The zero-order valence-electron chi connectivity index (χ0n) is 6.94. The Hall–Kier alpha value is -1.01. The largest absolute Gasteiger partial charge is 0.398 e. The van der Waals surface area contributed by atoms with Crippen LogP contribution in [0.15, 0.2) is 5.16 Å². The second kappa shape index (κ2) is 4.29. The minimum atomic E-state index is -0.710. The molecule has 0 aliphatic carbocycles. The van der Waals surface area contributed by atoms with E-state index in [1.807, 2.05) is 0 Å². The van der Waals surface area contributed by atoms with Gasteiger partial charge in [0.25, 0.3) is 5.24 Å².